The van der Waals surface area contributed by atoms with Gasteiger partial charge in [-0.05, 0) is 37.8 Å². The fraction of sp³-hybridized carbons (Fsp3) is 0.545. The highest BCUT2D eigenvalue weighted by Crippen LogP contribution is 2.15. The summed E-state index contributed by atoms with van der Waals surface area (Å²) in [5.74, 6) is -1.97. The number of hydrogen-bond donors (Lipinski definition) is 6. The number of nitrogens with one attached hydrogen (secondary N) is 5. The summed E-state index contributed by atoms with van der Waals surface area (Å²) >= 11 is 0. The van der Waals surface area contributed by atoms with Gasteiger partial charge < -0.3 is 20.0 Å². The summed E-state index contributed by atoms with van der Waals surface area (Å²) in [6.07, 6.45) is 2.98. The van der Waals surface area contributed by atoms with E-state index >= 15 is 0 Å². The standard InChI is InChI=1S/C22H32N6O6/c29-18(17-9-14-34-28-17)26-22(19(30)31,10-4-5-11-23-20-24-12-6-13-25-20)27-21(32)33-15-16-7-2-1-3-8-16/h1-3,7-8,12,17,20,23,25,28H,4-6,9-11,13-15H2,(H,26,29)(H,27,32)(H,30,31). The van der Waals surface area contributed by atoms with Crippen molar-refractivity contribution in [2.45, 2.75) is 56.7 Å². The first kappa shape index (κ1) is 25.6. The average molecular weight is 477 g/mol. The molecular formula is C22H32N6O6. The van der Waals surface area contributed by atoms with Crippen molar-refractivity contribution in [2.75, 3.05) is 19.7 Å². The number of alkyl carbamates (subject to hydrolysis) is 1. The van der Waals surface area contributed by atoms with Crippen molar-refractivity contribution in [3.63, 3.8) is 0 Å². The molecule has 12 nitrogen and oxygen atoms in total. The van der Waals surface area contributed by atoms with Gasteiger partial charge in [0.2, 0.25) is 11.6 Å². The van der Waals surface area contributed by atoms with Crippen molar-refractivity contribution in [1.82, 2.24) is 26.7 Å². The van der Waals surface area contributed by atoms with Gasteiger partial charge in [-0.1, -0.05) is 30.3 Å². The van der Waals surface area contributed by atoms with Crippen LogP contribution in [-0.2, 0) is 25.8 Å². The molecule has 2 aliphatic heterocycles. The first-order valence-electron chi connectivity index (χ1n) is 11.4. The summed E-state index contributed by atoms with van der Waals surface area (Å²) in [5.41, 5.74) is 1.27. The maximum atomic E-state index is 12.7. The Kier molecular flexibility index (Phi) is 9.76. The van der Waals surface area contributed by atoms with Crippen LogP contribution in [0.3, 0.4) is 0 Å². The molecule has 6 N–H and O–H groups in total. The Morgan fingerprint density at radius 3 is 2.71 bits per heavy atom. The molecule has 2 aliphatic rings. The number of ether oxygens (including phenoxy) is 1. The van der Waals surface area contributed by atoms with Crippen LogP contribution < -0.4 is 26.7 Å². The molecule has 0 aromatic heterocycles. The maximum Gasteiger partial charge on any atom is 0.409 e. The van der Waals surface area contributed by atoms with E-state index in [4.69, 9.17) is 9.57 Å². The monoisotopic (exact) mass is 476 g/mol. The molecule has 186 valence electrons. The number of benzene rings is 1. The Morgan fingerprint density at radius 1 is 1.21 bits per heavy atom. The number of carboxylic acid groups (broad SMARTS) is 1. The second kappa shape index (κ2) is 13.0. The lowest BCUT2D eigenvalue weighted by Crippen LogP contribution is -2.67. The van der Waals surface area contributed by atoms with Crippen LogP contribution in [0.4, 0.5) is 4.79 Å². The molecule has 0 bridgehead atoms. The van der Waals surface area contributed by atoms with E-state index in [1.807, 2.05) is 12.3 Å². The Bertz CT molecular complexity index is 848. The molecule has 1 aromatic rings. The van der Waals surface area contributed by atoms with Crippen LogP contribution in [0.5, 0.6) is 0 Å². The van der Waals surface area contributed by atoms with E-state index in [0.717, 1.165) is 18.5 Å². The summed E-state index contributed by atoms with van der Waals surface area (Å²) in [6, 6.07) is 8.29. The molecule has 12 heteroatoms. The third-order valence-electron chi connectivity index (χ3n) is 5.46. The van der Waals surface area contributed by atoms with E-state index in [1.165, 1.54) is 0 Å². The molecule has 1 aromatic carbocycles. The number of carboxylic acids is 1. The number of aliphatic imine (C=N–C) groups is 1. The maximum absolute atomic E-state index is 12.7. The first-order valence-corrected chi connectivity index (χ1v) is 11.4. The van der Waals surface area contributed by atoms with E-state index in [-0.39, 0.29) is 19.3 Å². The van der Waals surface area contributed by atoms with Gasteiger partial charge in [-0.3, -0.25) is 25.7 Å². The highest BCUT2D eigenvalue weighted by atomic mass is 16.7. The zero-order valence-corrected chi connectivity index (χ0v) is 18.9. The number of carbonyl (C=O) groups excluding carboxylic acids is 2. The zero-order chi connectivity index (χ0) is 24.2. The summed E-state index contributed by atoms with van der Waals surface area (Å²) < 4.78 is 5.21. The van der Waals surface area contributed by atoms with E-state index in [1.54, 1.807) is 24.3 Å². The van der Waals surface area contributed by atoms with E-state index in [2.05, 4.69) is 31.7 Å². The Hall–Kier alpha value is -3.06. The van der Waals surface area contributed by atoms with Gasteiger partial charge >= 0.3 is 12.1 Å². The zero-order valence-electron chi connectivity index (χ0n) is 18.9. The summed E-state index contributed by atoms with van der Waals surface area (Å²) in [7, 11) is 0. The fourth-order valence-corrected chi connectivity index (χ4v) is 3.58. The Balaban J connectivity index is 1.59. The van der Waals surface area contributed by atoms with Crippen molar-refractivity contribution < 1.29 is 29.1 Å². The highest BCUT2D eigenvalue weighted by molar-refractivity contribution is 5.91. The number of aliphatic carboxylic acids is 1. The first-order chi connectivity index (χ1) is 16.5. The van der Waals surface area contributed by atoms with Crippen LogP contribution in [0, 0.1) is 0 Å². The number of nitrogens with zero attached hydrogens (tertiary/aromatic N) is 1. The molecule has 0 spiro atoms. The number of hydroxylamine groups is 1. The van der Waals surface area contributed by atoms with Crippen LogP contribution in [0.15, 0.2) is 35.3 Å². The van der Waals surface area contributed by atoms with Gasteiger partial charge in [-0.2, -0.15) is 5.48 Å². The van der Waals surface area contributed by atoms with Gasteiger partial charge in [0.05, 0.1) is 6.61 Å². The second-order valence-electron chi connectivity index (χ2n) is 8.08. The minimum atomic E-state index is -2.03. The van der Waals surface area contributed by atoms with Gasteiger partial charge in [0.25, 0.3) is 0 Å². The second-order valence-corrected chi connectivity index (χ2v) is 8.08. The quantitative estimate of drug-likeness (QED) is 0.183. The summed E-state index contributed by atoms with van der Waals surface area (Å²) in [5, 5.41) is 21.3. The average Bonchev–Trinajstić information content (AvgIpc) is 3.39. The number of rotatable bonds is 12. The number of amides is 2. The molecule has 3 unspecified atom stereocenters. The summed E-state index contributed by atoms with van der Waals surface area (Å²) in [6.45, 7) is 1.71. The molecule has 2 heterocycles. The van der Waals surface area contributed by atoms with E-state index in [9.17, 15) is 19.5 Å². The van der Waals surface area contributed by atoms with Crippen molar-refractivity contribution in [2.24, 2.45) is 4.99 Å². The largest absolute Gasteiger partial charge is 0.478 e. The molecule has 3 rings (SSSR count). The molecule has 0 radical (unpaired) electrons. The lowest BCUT2D eigenvalue weighted by molar-refractivity contribution is -0.150. The van der Waals surface area contributed by atoms with E-state index in [0.29, 0.717) is 32.4 Å². The number of carbonyl (C=O) groups is 3. The SMILES string of the molecule is O=C(NC(CCCCNC1N=CCCN1)(NC(=O)C1CCON1)C(=O)O)OCc1ccccc1. The van der Waals surface area contributed by atoms with Gasteiger partial charge in [-0.15, -0.1) is 0 Å². The topological polar surface area (TPSA) is 162 Å². The van der Waals surface area contributed by atoms with Crippen molar-refractivity contribution in [3.8, 4) is 0 Å². The van der Waals surface area contributed by atoms with Crippen molar-refractivity contribution in [1.29, 1.82) is 0 Å². The number of unbranched alkanes of at least 4 members (excludes halogenated alkanes) is 1. The third-order valence-corrected chi connectivity index (χ3v) is 5.46. The Labute approximate surface area is 197 Å². The van der Waals surface area contributed by atoms with Crippen LogP contribution in [0.2, 0.25) is 0 Å². The van der Waals surface area contributed by atoms with Crippen LogP contribution in [-0.4, -0.2) is 67.0 Å². The number of hydrogen-bond acceptors (Lipinski definition) is 9. The Morgan fingerprint density at radius 2 is 2.03 bits per heavy atom. The molecule has 34 heavy (non-hydrogen) atoms. The van der Waals surface area contributed by atoms with Gasteiger partial charge in [-0.25, -0.2) is 9.59 Å². The van der Waals surface area contributed by atoms with Crippen LogP contribution >= 0.6 is 0 Å². The normalized spacial score (nSPS) is 21.4. The highest BCUT2D eigenvalue weighted by Gasteiger charge is 2.43. The van der Waals surface area contributed by atoms with Gasteiger partial charge in [0.1, 0.15) is 12.6 Å². The van der Waals surface area contributed by atoms with Crippen LogP contribution in [0.25, 0.3) is 0 Å². The van der Waals surface area contributed by atoms with Crippen molar-refractivity contribution in [3.05, 3.63) is 35.9 Å². The van der Waals surface area contributed by atoms with Gasteiger partial charge in [0.15, 0.2) is 6.29 Å². The molecule has 2 amide bonds. The molecule has 1 saturated heterocycles. The van der Waals surface area contributed by atoms with Crippen LogP contribution in [0.1, 0.15) is 37.7 Å². The predicted octanol–water partition coefficient (Wildman–Crippen LogP) is 0.211. The molecule has 1 fully saturated rings. The minimum absolute atomic E-state index is 0.0346. The third kappa shape index (κ3) is 7.76. The predicted molar refractivity (Wildman–Crippen MR) is 123 cm³/mol. The molecule has 0 saturated carbocycles. The van der Waals surface area contributed by atoms with E-state index < -0.39 is 29.7 Å². The lowest BCUT2D eigenvalue weighted by Gasteiger charge is -2.32. The molecular weight excluding hydrogens is 444 g/mol. The summed E-state index contributed by atoms with van der Waals surface area (Å²) in [4.78, 5) is 46.8. The molecule has 3 atom stereocenters. The van der Waals surface area contributed by atoms with Crippen molar-refractivity contribution >= 4 is 24.2 Å². The smallest absolute Gasteiger partial charge is 0.409 e. The van der Waals surface area contributed by atoms with Gasteiger partial charge in [0, 0.05) is 19.2 Å². The minimum Gasteiger partial charge on any atom is -0.478 e. The molecule has 0 aliphatic carbocycles. The lowest BCUT2D eigenvalue weighted by atomic mass is 10.0. The fourth-order valence-electron chi connectivity index (χ4n) is 3.58.